The molecule has 0 saturated carbocycles. The van der Waals surface area contributed by atoms with E-state index in [9.17, 15) is 8.42 Å². The highest BCUT2D eigenvalue weighted by Gasteiger charge is 2.16. The Kier molecular flexibility index (Phi) is 5.05. The second-order valence-corrected chi connectivity index (χ2v) is 7.85. The quantitative estimate of drug-likeness (QED) is 0.663. The molecule has 0 amide bonds. The number of hydrogen-bond acceptors (Lipinski definition) is 4. The molecule has 0 radical (unpaired) electrons. The maximum atomic E-state index is 12.5. The van der Waals surface area contributed by atoms with E-state index in [4.69, 9.17) is 4.42 Å². The fraction of sp³-hybridized carbons (Fsp3) is 0.176. The first-order valence-corrected chi connectivity index (χ1v) is 9.88. The topological polar surface area (TPSA) is 59.3 Å². The molecule has 0 spiro atoms. The van der Waals surface area contributed by atoms with Crippen molar-refractivity contribution < 1.29 is 12.8 Å². The molecule has 3 aromatic rings. The normalized spacial score (nSPS) is 11.8. The van der Waals surface area contributed by atoms with Gasteiger partial charge < -0.3 is 4.42 Å². The Bertz CT molecular complexity index is 869. The van der Waals surface area contributed by atoms with Crippen LogP contribution in [0.1, 0.15) is 5.76 Å². The summed E-state index contributed by atoms with van der Waals surface area (Å²) in [6.07, 6.45) is 1.64. The average Bonchev–Trinajstić information content (AvgIpc) is 3.07. The Labute approximate surface area is 139 Å². The summed E-state index contributed by atoms with van der Waals surface area (Å²) in [5.74, 6) is 2.32. The maximum absolute atomic E-state index is 12.5. The summed E-state index contributed by atoms with van der Waals surface area (Å²) in [6.45, 7) is 0.386. The number of rotatable bonds is 7. The van der Waals surface area contributed by atoms with Gasteiger partial charge in [0.25, 0.3) is 0 Å². The molecule has 0 aliphatic carbocycles. The molecule has 6 heteroatoms. The molecule has 2 aromatic carbocycles. The molecule has 0 atom stereocenters. The molecule has 1 N–H and O–H groups in total. The molecule has 0 aliphatic heterocycles. The number of furan rings is 1. The monoisotopic (exact) mass is 347 g/mol. The Balaban J connectivity index is 1.62. The van der Waals surface area contributed by atoms with Crippen molar-refractivity contribution >= 4 is 32.6 Å². The van der Waals surface area contributed by atoms with Crippen molar-refractivity contribution in [3.05, 3.63) is 66.6 Å². The minimum atomic E-state index is -3.51. The molecule has 0 aliphatic rings. The van der Waals surface area contributed by atoms with E-state index in [1.54, 1.807) is 30.2 Å². The van der Waals surface area contributed by atoms with Crippen LogP contribution in [-0.4, -0.2) is 20.7 Å². The van der Waals surface area contributed by atoms with E-state index in [0.717, 1.165) is 22.3 Å². The Morgan fingerprint density at radius 3 is 2.65 bits per heavy atom. The number of hydrogen-bond donors (Lipinski definition) is 1. The highest BCUT2D eigenvalue weighted by Crippen LogP contribution is 2.22. The number of sulfonamides is 1. The lowest BCUT2D eigenvalue weighted by atomic mass is 10.1. The highest BCUT2D eigenvalue weighted by atomic mass is 32.2. The summed E-state index contributed by atoms with van der Waals surface area (Å²) in [5, 5.41) is 1.66. The van der Waals surface area contributed by atoms with Gasteiger partial charge in [0.05, 0.1) is 16.9 Å². The van der Waals surface area contributed by atoms with Crippen molar-refractivity contribution in [2.75, 3.05) is 12.3 Å². The van der Waals surface area contributed by atoms with Gasteiger partial charge in [-0.3, -0.25) is 0 Å². The van der Waals surface area contributed by atoms with E-state index in [-0.39, 0.29) is 0 Å². The third-order valence-corrected chi connectivity index (χ3v) is 5.90. The molecule has 120 valence electrons. The van der Waals surface area contributed by atoms with Crippen LogP contribution in [0.2, 0.25) is 0 Å². The molecule has 0 fully saturated rings. The van der Waals surface area contributed by atoms with Crippen LogP contribution in [0.15, 0.2) is 70.2 Å². The minimum absolute atomic E-state index is 0.326. The van der Waals surface area contributed by atoms with Crippen LogP contribution in [0.3, 0.4) is 0 Å². The van der Waals surface area contributed by atoms with E-state index >= 15 is 0 Å². The summed E-state index contributed by atoms with van der Waals surface area (Å²) in [6, 6.07) is 16.6. The molecule has 1 heterocycles. The minimum Gasteiger partial charge on any atom is -0.468 e. The standard InChI is InChI=1S/C17H17NO3S2/c19-23(20,18-10-12-22-13-15-7-4-11-21-15)17-9-3-6-14-5-1-2-8-16(14)17/h1-9,11,18H,10,12-13H2. The van der Waals surface area contributed by atoms with Crippen molar-refractivity contribution in [2.24, 2.45) is 0 Å². The van der Waals surface area contributed by atoms with Crippen LogP contribution in [0, 0.1) is 0 Å². The Morgan fingerprint density at radius 1 is 1.00 bits per heavy atom. The number of thioether (sulfide) groups is 1. The summed E-state index contributed by atoms with van der Waals surface area (Å²) >= 11 is 1.63. The number of benzene rings is 2. The third kappa shape index (κ3) is 3.96. The van der Waals surface area contributed by atoms with Crippen LogP contribution in [-0.2, 0) is 15.8 Å². The number of nitrogens with one attached hydrogen (secondary N) is 1. The van der Waals surface area contributed by atoms with E-state index in [0.29, 0.717) is 17.2 Å². The molecular weight excluding hydrogens is 330 g/mol. The van der Waals surface area contributed by atoms with Gasteiger partial charge in [0, 0.05) is 17.7 Å². The van der Waals surface area contributed by atoms with Gasteiger partial charge in [0.2, 0.25) is 10.0 Å². The second-order valence-electron chi connectivity index (χ2n) is 5.01. The first-order chi connectivity index (χ1) is 11.2. The molecule has 4 nitrogen and oxygen atoms in total. The van der Waals surface area contributed by atoms with Crippen molar-refractivity contribution in [1.29, 1.82) is 0 Å². The zero-order valence-corrected chi connectivity index (χ0v) is 14.1. The van der Waals surface area contributed by atoms with Gasteiger partial charge in [-0.05, 0) is 23.6 Å². The predicted molar refractivity (Wildman–Crippen MR) is 94.0 cm³/mol. The van der Waals surface area contributed by atoms with Crippen molar-refractivity contribution in [2.45, 2.75) is 10.6 Å². The molecule has 0 bridgehead atoms. The van der Waals surface area contributed by atoms with E-state index < -0.39 is 10.0 Å². The Morgan fingerprint density at radius 2 is 1.83 bits per heavy atom. The largest absolute Gasteiger partial charge is 0.468 e. The molecule has 0 saturated heterocycles. The van der Waals surface area contributed by atoms with Crippen LogP contribution < -0.4 is 4.72 Å². The first-order valence-electron chi connectivity index (χ1n) is 7.24. The second kappa shape index (κ2) is 7.21. The predicted octanol–water partition coefficient (Wildman–Crippen LogP) is 3.64. The summed E-state index contributed by atoms with van der Waals surface area (Å²) in [5.41, 5.74) is 0. The van der Waals surface area contributed by atoms with Crippen LogP contribution in [0.25, 0.3) is 10.8 Å². The molecular formula is C17H17NO3S2. The number of fused-ring (bicyclic) bond motifs is 1. The first kappa shape index (κ1) is 16.1. The molecule has 23 heavy (non-hydrogen) atoms. The maximum Gasteiger partial charge on any atom is 0.241 e. The summed E-state index contributed by atoms with van der Waals surface area (Å²) in [4.78, 5) is 0.326. The van der Waals surface area contributed by atoms with Gasteiger partial charge in [-0.15, -0.1) is 0 Å². The Hall–Kier alpha value is -1.76. The van der Waals surface area contributed by atoms with Gasteiger partial charge in [-0.25, -0.2) is 13.1 Å². The van der Waals surface area contributed by atoms with Crippen LogP contribution in [0.4, 0.5) is 0 Å². The highest BCUT2D eigenvalue weighted by molar-refractivity contribution is 7.98. The van der Waals surface area contributed by atoms with Crippen LogP contribution >= 0.6 is 11.8 Å². The zero-order chi connectivity index (χ0) is 16.1. The molecule has 3 rings (SSSR count). The van der Waals surface area contributed by atoms with E-state index in [1.807, 2.05) is 42.5 Å². The fourth-order valence-corrected chi connectivity index (χ4v) is 4.47. The van der Waals surface area contributed by atoms with E-state index in [1.165, 1.54) is 0 Å². The van der Waals surface area contributed by atoms with Gasteiger partial charge in [-0.1, -0.05) is 36.4 Å². The van der Waals surface area contributed by atoms with Crippen molar-refractivity contribution in [1.82, 2.24) is 4.72 Å². The van der Waals surface area contributed by atoms with Gasteiger partial charge in [0.15, 0.2) is 0 Å². The van der Waals surface area contributed by atoms with Crippen LogP contribution in [0.5, 0.6) is 0 Å². The molecule has 0 unspecified atom stereocenters. The van der Waals surface area contributed by atoms with Gasteiger partial charge in [0.1, 0.15) is 5.76 Å². The van der Waals surface area contributed by atoms with E-state index in [2.05, 4.69) is 4.72 Å². The smallest absolute Gasteiger partial charge is 0.241 e. The third-order valence-electron chi connectivity index (χ3n) is 3.40. The lowest BCUT2D eigenvalue weighted by molar-refractivity contribution is 0.530. The lowest BCUT2D eigenvalue weighted by Gasteiger charge is -2.09. The fourth-order valence-electron chi connectivity index (χ4n) is 2.32. The van der Waals surface area contributed by atoms with Crippen molar-refractivity contribution in [3.63, 3.8) is 0 Å². The summed E-state index contributed by atoms with van der Waals surface area (Å²) in [7, 11) is -3.51. The average molecular weight is 347 g/mol. The summed E-state index contributed by atoms with van der Waals surface area (Å²) < 4.78 is 32.9. The van der Waals surface area contributed by atoms with Gasteiger partial charge in [-0.2, -0.15) is 11.8 Å². The van der Waals surface area contributed by atoms with Crippen molar-refractivity contribution in [3.8, 4) is 0 Å². The van der Waals surface area contributed by atoms with Gasteiger partial charge >= 0.3 is 0 Å². The lowest BCUT2D eigenvalue weighted by Crippen LogP contribution is -2.26. The SMILES string of the molecule is O=S(=O)(NCCSCc1ccco1)c1cccc2ccccc12. The zero-order valence-electron chi connectivity index (χ0n) is 12.4. The molecule has 1 aromatic heterocycles.